The smallest absolute Gasteiger partial charge is 0.246 e. The van der Waals surface area contributed by atoms with Crippen LogP contribution in [0.25, 0.3) is 6.08 Å². The van der Waals surface area contributed by atoms with Crippen molar-refractivity contribution in [1.82, 2.24) is 9.80 Å². The lowest BCUT2D eigenvalue weighted by Gasteiger charge is -2.31. The van der Waals surface area contributed by atoms with Gasteiger partial charge in [-0.3, -0.25) is 4.79 Å². The van der Waals surface area contributed by atoms with E-state index < -0.39 is 0 Å². The van der Waals surface area contributed by atoms with Crippen molar-refractivity contribution < 1.29 is 9.53 Å². The fourth-order valence-corrected chi connectivity index (χ4v) is 2.14. The van der Waals surface area contributed by atoms with Crippen LogP contribution in [-0.4, -0.2) is 55.5 Å². The maximum Gasteiger partial charge on any atom is 0.246 e. The highest BCUT2D eigenvalue weighted by Gasteiger charge is 2.16. The van der Waals surface area contributed by atoms with Crippen molar-refractivity contribution in [2.75, 3.05) is 39.8 Å². The maximum absolute atomic E-state index is 12.0. The molecule has 108 valence electrons. The van der Waals surface area contributed by atoms with Crippen LogP contribution in [0.15, 0.2) is 30.3 Å². The van der Waals surface area contributed by atoms with Gasteiger partial charge in [-0.1, -0.05) is 12.1 Å². The van der Waals surface area contributed by atoms with Gasteiger partial charge >= 0.3 is 0 Å². The molecule has 0 aromatic heterocycles. The van der Waals surface area contributed by atoms with Gasteiger partial charge in [-0.15, -0.1) is 0 Å². The Balaban J connectivity index is 1.89. The van der Waals surface area contributed by atoms with Crippen LogP contribution in [0.2, 0.25) is 0 Å². The first-order chi connectivity index (χ1) is 9.69. The van der Waals surface area contributed by atoms with Gasteiger partial charge in [0.05, 0.1) is 6.61 Å². The summed E-state index contributed by atoms with van der Waals surface area (Å²) < 4.78 is 5.39. The van der Waals surface area contributed by atoms with E-state index in [-0.39, 0.29) is 5.91 Å². The molecule has 20 heavy (non-hydrogen) atoms. The van der Waals surface area contributed by atoms with Gasteiger partial charge < -0.3 is 14.5 Å². The van der Waals surface area contributed by atoms with Gasteiger partial charge in [0.15, 0.2) is 0 Å². The molecule has 0 bridgehead atoms. The molecule has 0 unspecified atom stereocenters. The zero-order valence-corrected chi connectivity index (χ0v) is 12.2. The number of benzene rings is 1. The minimum absolute atomic E-state index is 0.0898. The molecule has 0 spiro atoms. The topological polar surface area (TPSA) is 32.8 Å². The van der Waals surface area contributed by atoms with Crippen molar-refractivity contribution in [3.63, 3.8) is 0 Å². The number of ether oxygens (including phenoxy) is 1. The zero-order chi connectivity index (χ0) is 14.4. The number of carbonyl (C=O) groups excluding carboxylic acids is 1. The molecular weight excluding hydrogens is 252 g/mol. The van der Waals surface area contributed by atoms with Crippen LogP contribution in [0, 0.1) is 0 Å². The number of rotatable bonds is 4. The van der Waals surface area contributed by atoms with Crippen molar-refractivity contribution >= 4 is 12.0 Å². The molecule has 0 N–H and O–H groups in total. The Morgan fingerprint density at radius 1 is 1.20 bits per heavy atom. The van der Waals surface area contributed by atoms with E-state index in [9.17, 15) is 4.79 Å². The maximum atomic E-state index is 12.0. The van der Waals surface area contributed by atoms with Crippen molar-refractivity contribution in [2.45, 2.75) is 6.92 Å². The average molecular weight is 274 g/mol. The normalized spacial score (nSPS) is 16.6. The molecule has 0 atom stereocenters. The minimum Gasteiger partial charge on any atom is -0.494 e. The quantitative estimate of drug-likeness (QED) is 0.786. The van der Waals surface area contributed by atoms with E-state index in [2.05, 4.69) is 11.9 Å². The second-order valence-corrected chi connectivity index (χ2v) is 4.96. The van der Waals surface area contributed by atoms with E-state index in [0.717, 1.165) is 37.5 Å². The Labute approximate surface area is 120 Å². The fourth-order valence-electron chi connectivity index (χ4n) is 2.14. The standard InChI is InChI=1S/C16H22N2O2/c1-3-20-15-7-4-14(5-8-15)6-9-16(19)18-12-10-17(2)11-13-18/h4-9H,3,10-13H2,1-2H3. The van der Waals surface area contributed by atoms with Gasteiger partial charge in [0.1, 0.15) is 5.75 Å². The molecular formula is C16H22N2O2. The Morgan fingerprint density at radius 2 is 1.85 bits per heavy atom. The number of hydrogen-bond donors (Lipinski definition) is 0. The predicted octanol–water partition coefficient (Wildman–Crippen LogP) is 1.87. The van der Waals surface area contributed by atoms with Crippen molar-refractivity contribution in [3.8, 4) is 5.75 Å². The van der Waals surface area contributed by atoms with Crippen LogP contribution < -0.4 is 4.74 Å². The summed E-state index contributed by atoms with van der Waals surface area (Å²) in [6.45, 7) is 6.14. The summed E-state index contributed by atoms with van der Waals surface area (Å²) in [5, 5.41) is 0. The van der Waals surface area contributed by atoms with Crippen molar-refractivity contribution in [1.29, 1.82) is 0 Å². The van der Waals surface area contributed by atoms with Crippen LogP contribution in [-0.2, 0) is 4.79 Å². The first-order valence-corrected chi connectivity index (χ1v) is 7.07. The molecule has 1 amide bonds. The monoisotopic (exact) mass is 274 g/mol. The number of piperazine rings is 1. The van der Waals surface area contributed by atoms with Crippen LogP contribution >= 0.6 is 0 Å². The Bertz CT molecular complexity index is 460. The first-order valence-electron chi connectivity index (χ1n) is 7.07. The summed E-state index contributed by atoms with van der Waals surface area (Å²) in [7, 11) is 2.08. The number of likely N-dealkylation sites (N-methyl/N-ethyl adjacent to an activating group) is 1. The molecule has 1 aliphatic rings. The number of amides is 1. The van der Waals surface area contributed by atoms with E-state index in [4.69, 9.17) is 4.74 Å². The van der Waals surface area contributed by atoms with E-state index in [1.807, 2.05) is 42.2 Å². The van der Waals surface area contributed by atoms with E-state index in [1.165, 1.54) is 0 Å². The average Bonchev–Trinajstić information content (AvgIpc) is 2.47. The van der Waals surface area contributed by atoms with Gasteiger partial charge in [0, 0.05) is 32.3 Å². The second kappa shape index (κ2) is 7.10. The SMILES string of the molecule is CCOc1ccc(C=CC(=O)N2CCN(C)CC2)cc1. The molecule has 1 aromatic carbocycles. The summed E-state index contributed by atoms with van der Waals surface area (Å²) in [4.78, 5) is 16.2. The number of carbonyl (C=O) groups is 1. The predicted molar refractivity (Wildman–Crippen MR) is 80.7 cm³/mol. The molecule has 1 heterocycles. The van der Waals surface area contributed by atoms with Gasteiger partial charge in [-0.2, -0.15) is 0 Å². The molecule has 1 fully saturated rings. The van der Waals surface area contributed by atoms with Gasteiger partial charge in [0.25, 0.3) is 0 Å². The highest BCUT2D eigenvalue weighted by Crippen LogP contribution is 2.13. The molecule has 1 aliphatic heterocycles. The summed E-state index contributed by atoms with van der Waals surface area (Å²) in [6, 6.07) is 7.75. The van der Waals surface area contributed by atoms with Gasteiger partial charge in [-0.25, -0.2) is 0 Å². The Kier molecular flexibility index (Phi) is 5.18. The van der Waals surface area contributed by atoms with E-state index >= 15 is 0 Å². The molecule has 1 saturated heterocycles. The van der Waals surface area contributed by atoms with Crippen molar-refractivity contribution in [2.24, 2.45) is 0 Å². The number of hydrogen-bond acceptors (Lipinski definition) is 3. The van der Waals surface area contributed by atoms with Crippen LogP contribution in [0.3, 0.4) is 0 Å². The van der Waals surface area contributed by atoms with Crippen molar-refractivity contribution in [3.05, 3.63) is 35.9 Å². The highest BCUT2D eigenvalue weighted by molar-refractivity contribution is 5.91. The molecule has 0 aliphatic carbocycles. The van der Waals surface area contributed by atoms with Crippen LogP contribution in [0.1, 0.15) is 12.5 Å². The molecule has 4 heteroatoms. The first kappa shape index (κ1) is 14.6. The largest absolute Gasteiger partial charge is 0.494 e. The summed E-state index contributed by atoms with van der Waals surface area (Å²) in [5.41, 5.74) is 1.01. The van der Waals surface area contributed by atoms with Gasteiger partial charge in [-0.05, 0) is 37.7 Å². The van der Waals surface area contributed by atoms with E-state index in [0.29, 0.717) is 6.61 Å². The number of nitrogens with zero attached hydrogens (tertiary/aromatic N) is 2. The zero-order valence-electron chi connectivity index (χ0n) is 12.2. The Hall–Kier alpha value is -1.81. The lowest BCUT2D eigenvalue weighted by atomic mass is 10.2. The third-order valence-electron chi connectivity index (χ3n) is 3.42. The Morgan fingerprint density at radius 3 is 2.45 bits per heavy atom. The molecule has 0 saturated carbocycles. The molecule has 1 aromatic rings. The lowest BCUT2D eigenvalue weighted by molar-refractivity contribution is -0.127. The lowest BCUT2D eigenvalue weighted by Crippen LogP contribution is -2.46. The van der Waals surface area contributed by atoms with Gasteiger partial charge in [0.2, 0.25) is 5.91 Å². The summed E-state index contributed by atoms with van der Waals surface area (Å²) in [6.07, 6.45) is 3.51. The highest BCUT2D eigenvalue weighted by atomic mass is 16.5. The third-order valence-corrected chi connectivity index (χ3v) is 3.42. The molecule has 4 nitrogen and oxygen atoms in total. The fraction of sp³-hybridized carbons (Fsp3) is 0.438. The van der Waals surface area contributed by atoms with Crippen LogP contribution in [0.4, 0.5) is 0 Å². The van der Waals surface area contributed by atoms with E-state index in [1.54, 1.807) is 6.08 Å². The molecule has 2 rings (SSSR count). The molecule has 0 radical (unpaired) electrons. The second-order valence-electron chi connectivity index (χ2n) is 4.96. The summed E-state index contributed by atoms with van der Waals surface area (Å²) in [5.74, 6) is 0.946. The third kappa shape index (κ3) is 4.10. The van der Waals surface area contributed by atoms with Crippen LogP contribution in [0.5, 0.6) is 5.75 Å². The summed E-state index contributed by atoms with van der Waals surface area (Å²) >= 11 is 0. The minimum atomic E-state index is 0.0898.